The van der Waals surface area contributed by atoms with Crippen molar-refractivity contribution in [2.75, 3.05) is 0 Å². The van der Waals surface area contributed by atoms with Crippen molar-refractivity contribution in [3.05, 3.63) is 30.5 Å². The van der Waals surface area contributed by atoms with E-state index in [1.165, 1.54) is 23.7 Å². The van der Waals surface area contributed by atoms with Gasteiger partial charge in [-0.2, -0.15) is 0 Å². The quantitative estimate of drug-likeness (QED) is 0.710. The van der Waals surface area contributed by atoms with Crippen molar-refractivity contribution >= 4 is 24.2 Å². The summed E-state index contributed by atoms with van der Waals surface area (Å²) < 4.78 is 2.45. The first kappa shape index (κ1) is 13.4. The SMILES string of the molecule is CCCC(C)n1ccc2c([Si](C)(C)C)cccc21. The topological polar surface area (TPSA) is 4.93 Å². The van der Waals surface area contributed by atoms with Crippen LogP contribution in [0.3, 0.4) is 0 Å². The van der Waals surface area contributed by atoms with Crippen molar-refractivity contribution < 1.29 is 0 Å². The van der Waals surface area contributed by atoms with Gasteiger partial charge in [-0.05, 0) is 30.9 Å². The number of rotatable bonds is 4. The monoisotopic (exact) mass is 259 g/mol. The van der Waals surface area contributed by atoms with E-state index in [0.717, 1.165) is 0 Å². The zero-order valence-electron chi connectivity index (χ0n) is 12.3. The van der Waals surface area contributed by atoms with E-state index in [1.54, 1.807) is 5.19 Å². The lowest BCUT2D eigenvalue weighted by atomic mass is 10.2. The van der Waals surface area contributed by atoms with Gasteiger partial charge in [-0.25, -0.2) is 0 Å². The first-order valence-electron chi connectivity index (χ1n) is 7.05. The van der Waals surface area contributed by atoms with Crippen LogP contribution in [0.4, 0.5) is 0 Å². The number of hydrogen-bond acceptors (Lipinski definition) is 0. The molecule has 1 aromatic heterocycles. The van der Waals surface area contributed by atoms with Crippen LogP contribution < -0.4 is 5.19 Å². The standard InChI is InChI=1S/C16H25NSi/c1-6-8-13(2)17-12-11-14-15(17)9-7-10-16(14)18(3,4)5/h7,9-13H,6,8H2,1-5H3. The summed E-state index contributed by atoms with van der Waals surface area (Å²) in [5.74, 6) is 0. The highest BCUT2D eigenvalue weighted by Gasteiger charge is 2.20. The summed E-state index contributed by atoms with van der Waals surface area (Å²) in [7, 11) is -1.25. The Morgan fingerprint density at radius 3 is 2.50 bits per heavy atom. The van der Waals surface area contributed by atoms with E-state index in [-0.39, 0.29) is 0 Å². The summed E-state index contributed by atoms with van der Waals surface area (Å²) in [6, 6.07) is 9.73. The summed E-state index contributed by atoms with van der Waals surface area (Å²) in [5, 5.41) is 3.06. The molecule has 0 spiro atoms. The highest BCUT2D eigenvalue weighted by atomic mass is 28.3. The minimum atomic E-state index is -1.25. The van der Waals surface area contributed by atoms with Crippen LogP contribution in [0.5, 0.6) is 0 Å². The molecule has 1 aromatic carbocycles. The van der Waals surface area contributed by atoms with Gasteiger partial charge in [0.25, 0.3) is 0 Å². The van der Waals surface area contributed by atoms with Gasteiger partial charge in [-0.1, -0.05) is 50.3 Å². The predicted molar refractivity (Wildman–Crippen MR) is 84.5 cm³/mol. The molecule has 2 heteroatoms. The summed E-state index contributed by atoms with van der Waals surface area (Å²) in [6.45, 7) is 11.9. The second kappa shape index (κ2) is 4.92. The minimum absolute atomic E-state index is 0.601. The number of nitrogens with zero attached hydrogens (tertiary/aromatic N) is 1. The second-order valence-corrected chi connectivity index (χ2v) is 11.4. The third-order valence-corrected chi connectivity index (χ3v) is 5.80. The van der Waals surface area contributed by atoms with E-state index in [9.17, 15) is 0 Å². The molecule has 2 aromatic rings. The van der Waals surface area contributed by atoms with Gasteiger partial charge in [0.15, 0.2) is 0 Å². The van der Waals surface area contributed by atoms with Crippen molar-refractivity contribution in [1.29, 1.82) is 0 Å². The Morgan fingerprint density at radius 1 is 1.17 bits per heavy atom. The third-order valence-electron chi connectivity index (χ3n) is 3.75. The van der Waals surface area contributed by atoms with Crippen molar-refractivity contribution in [2.45, 2.75) is 52.4 Å². The number of hydrogen-bond donors (Lipinski definition) is 0. The van der Waals surface area contributed by atoms with Crippen LogP contribution in [0.15, 0.2) is 30.5 Å². The van der Waals surface area contributed by atoms with E-state index in [1.807, 2.05) is 0 Å². The first-order valence-corrected chi connectivity index (χ1v) is 10.5. The Morgan fingerprint density at radius 2 is 1.89 bits per heavy atom. The fraction of sp³-hybridized carbons (Fsp3) is 0.500. The number of aromatic nitrogens is 1. The van der Waals surface area contributed by atoms with Crippen LogP contribution >= 0.6 is 0 Å². The van der Waals surface area contributed by atoms with Gasteiger partial charge in [-0.15, -0.1) is 0 Å². The van der Waals surface area contributed by atoms with Gasteiger partial charge < -0.3 is 4.57 Å². The molecule has 0 saturated heterocycles. The van der Waals surface area contributed by atoms with Gasteiger partial charge in [0.2, 0.25) is 0 Å². The third kappa shape index (κ3) is 2.39. The highest BCUT2D eigenvalue weighted by molar-refractivity contribution is 6.90. The van der Waals surface area contributed by atoms with Gasteiger partial charge in [0.05, 0.1) is 8.07 Å². The van der Waals surface area contributed by atoms with Crippen molar-refractivity contribution in [3.8, 4) is 0 Å². The molecular formula is C16H25NSi. The molecule has 1 nitrogen and oxygen atoms in total. The molecule has 98 valence electrons. The molecule has 0 saturated carbocycles. The molecule has 0 bridgehead atoms. The second-order valence-electron chi connectivity index (χ2n) is 6.35. The molecule has 0 aliphatic rings. The zero-order valence-corrected chi connectivity index (χ0v) is 13.3. The van der Waals surface area contributed by atoms with Crippen molar-refractivity contribution in [3.63, 3.8) is 0 Å². The van der Waals surface area contributed by atoms with Crippen molar-refractivity contribution in [2.24, 2.45) is 0 Å². The van der Waals surface area contributed by atoms with Crippen LogP contribution in [0.25, 0.3) is 10.9 Å². The molecule has 0 aliphatic carbocycles. The Bertz CT molecular complexity index is 534. The molecular weight excluding hydrogens is 234 g/mol. The molecule has 0 N–H and O–H groups in total. The average Bonchev–Trinajstić information content (AvgIpc) is 2.71. The molecule has 0 radical (unpaired) electrons. The molecule has 0 aliphatic heterocycles. The Kier molecular flexibility index (Phi) is 3.67. The molecule has 2 rings (SSSR count). The lowest BCUT2D eigenvalue weighted by Crippen LogP contribution is -2.37. The number of benzene rings is 1. The molecule has 0 amide bonds. The molecule has 1 heterocycles. The molecule has 0 fully saturated rings. The smallest absolute Gasteiger partial charge is 0.0784 e. The van der Waals surface area contributed by atoms with Gasteiger partial charge in [0.1, 0.15) is 0 Å². The highest BCUT2D eigenvalue weighted by Crippen LogP contribution is 2.23. The largest absolute Gasteiger partial charge is 0.345 e. The van der Waals surface area contributed by atoms with E-state index in [2.05, 4.69) is 68.5 Å². The average molecular weight is 259 g/mol. The predicted octanol–water partition coefficient (Wildman–Crippen LogP) is 4.55. The van der Waals surface area contributed by atoms with Gasteiger partial charge >= 0.3 is 0 Å². The van der Waals surface area contributed by atoms with Crippen molar-refractivity contribution in [1.82, 2.24) is 4.57 Å². The lowest BCUT2D eigenvalue weighted by Gasteiger charge is -2.19. The Balaban J connectivity index is 2.55. The maximum atomic E-state index is 2.45. The van der Waals surface area contributed by atoms with Crippen LogP contribution in [-0.2, 0) is 0 Å². The van der Waals surface area contributed by atoms with Crippen LogP contribution in [0.1, 0.15) is 32.7 Å². The minimum Gasteiger partial charge on any atom is -0.345 e. The fourth-order valence-electron chi connectivity index (χ4n) is 2.78. The summed E-state index contributed by atoms with van der Waals surface area (Å²) >= 11 is 0. The van der Waals surface area contributed by atoms with Crippen LogP contribution in [0.2, 0.25) is 19.6 Å². The Hall–Kier alpha value is -1.02. The Labute approximate surface area is 112 Å². The summed E-state index contributed by atoms with van der Waals surface area (Å²) in [4.78, 5) is 0. The summed E-state index contributed by atoms with van der Waals surface area (Å²) in [5.41, 5.74) is 1.41. The fourth-order valence-corrected chi connectivity index (χ4v) is 4.40. The van der Waals surface area contributed by atoms with Crippen LogP contribution in [0, 0.1) is 0 Å². The molecule has 1 atom stereocenters. The van der Waals surface area contributed by atoms with E-state index >= 15 is 0 Å². The maximum absolute atomic E-state index is 2.45. The normalized spacial score (nSPS) is 14.1. The molecule has 1 unspecified atom stereocenters. The van der Waals surface area contributed by atoms with E-state index in [0.29, 0.717) is 6.04 Å². The lowest BCUT2D eigenvalue weighted by molar-refractivity contribution is 0.515. The summed E-state index contributed by atoms with van der Waals surface area (Å²) in [6.07, 6.45) is 4.77. The van der Waals surface area contributed by atoms with E-state index in [4.69, 9.17) is 0 Å². The maximum Gasteiger partial charge on any atom is 0.0784 e. The van der Waals surface area contributed by atoms with Gasteiger partial charge in [-0.3, -0.25) is 0 Å². The first-order chi connectivity index (χ1) is 8.45. The number of fused-ring (bicyclic) bond motifs is 1. The molecule has 18 heavy (non-hydrogen) atoms. The zero-order chi connectivity index (χ0) is 13.3. The van der Waals surface area contributed by atoms with Gasteiger partial charge in [0, 0.05) is 17.8 Å². The van der Waals surface area contributed by atoms with Crippen LogP contribution in [-0.4, -0.2) is 12.6 Å². The van der Waals surface area contributed by atoms with E-state index < -0.39 is 8.07 Å².